The molecule has 0 radical (unpaired) electrons. The molecule has 0 aliphatic carbocycles. The summed E-state index contributed by atoms with van der Waals surface area (Å²) in [6, 6.07) is 3.02. The topological polar surface area (TPSA) is 70.5 Å². The van der Waals surface area contributed by atoms with Gasteiger partial charge < -0.3 is 5.11 Å². The zero-order chi connectivity index (χ0) is 14.0. The number of aliphatic hydroxyl groups excluding tert-OH is 1. The zero-order valence-corrected chi connectivity index (χ0v) is 12.2. The maximum atomic E-state index is 12.4. The highest BCUT2D eigenvalue weighted by Gasteiger charge is 2.32. The van der Waals surface area contributed by atoms with Gasteiger partial charge in [-0.25, -0.2) is 13.4 Å². The maximum absolute atomic E-state index is 12.4. The number of piperidine rings is 1. The predicted molar refractivity (Wildman–Crippen MR) is 72.4 cm³/mol. The summed E-state index contributed by atoms with van der Waals surface area (Å²) in [4.78, 5) is 3.85. The number of hydrogen-bond acceptors (Lipinski definition) is 4. The van der Waals surface area contributed by atoms with Crippen molar-refractivity contribution in [1.82, 2.24) is 9.29 Å². The third kappa shape index (κ3) is 3.08. The minimum absolute atomic E-state index is 0.000139. The van der Waals surface area contributed by atoms with E-state index in [1.54, 1.807) is 13.0 Å². The van der Waals surface area contributed by atoms with Gasteiger partial charge in [0.25, 0.3) is 0 Å². The van der Waals surface area contributed by atoms with Crippen LogP contribution in [-0.4, -0.2) is 42.0 Å². The van der Waals surface area contributed by atoms with Crippen molar-refractivity contribution in [3.05, 3.63) is 23.5 Å². The normalized spacial score (nSPS) is 20.4. The molecule has 1 aromatic rings. The van der Waals surface area contributed by atoms with Crippen LogP contribution in [0.3, 0.4) is 0 Å². The van der Waals surface area contributed by atoms with Crippen LogP contribution in [0.2, 0.25) is 5.15 Å². The minimum atomic E-state index is -3.58. The van der Waals surface area contributed by atoms with Gasteiger partial charge in [-0.1, -0.05) is 11.6 Å². The molecule has 1 N–H and O–H groups in total. The summed E-state index contributed by atoms with van der Waals surface area (Å²) in [5, 5.41) is 9.53. The van der Waals surface area contributed by atoms with Crippen LogP contribution in [0.5, 0.6) is 0 Å². The average Bonchev–Trinajstić information content (AvgIpc) is 2.39. The van der Waals surface area contributed by atoms with E-state index in [1.807, 2.05) is 0 Å². The Kier molecular flexibility index (Phi) is 4.45. The Morgan fingerprint density at radius 1 is 1.47 bits per heavy atom. The van der Waals surface area contributed by atoms with Crippen LogP contribution in [-0.2, 0) is 10.0 Å². The first kappa shape index (κ1) is 14.7. The largest absolute Gasteiger partial charge is 0.393 e. The van der Waals surface area contributed by atoms with Gasteiger partial charge in [-0.05, 0) is 37.8 Å². The van der Waals surface area contributed by atoms with Gasteiger partial charge in [-0.2, -0.15) is 4.31 Å². The highest BCUT2D eigenvalue weighted by Crippen LogP contribution is 2.27. The molecular formula is C12H17ClN2O3S. The van der Waals surface area contributed by atoms with Crippen molar-refractivity contribution in [3.63, 3.8) is 0 Å². The summed E-state index contributed by atoms with van der Waals surface area (Å²) < 4.78 is 26.3. The van der Waals surface area contributed by atoms with E-state index in [9.17, 15) is 13.5 Å². The molecule has 1 fully saturated rings. The third-order valence-corrected chi connectivity index (χ3v) is 5.87. The van der Waals surface area contributed by atoms with Crippen LogP contribution in [0.4, 0.5) is 0 Å². The molecule has 0 bridgehead atoms. The molecule has 7 heteroatoms. The van der Waals surface area contributed by atoms with Crippen LogP contribution < -0.4 is 0 Å². The highest BCUT2D eigenvalue weighted by atomic mass is 35.5. The summed E-state index contributed by atoms with van der Waals surface area (Å²) in [6.45, 7) is 2.55. The smallest absolute Gasteiger partial charge is 0.246 e. The number of nitrogens with zero attached hydrogens (tertiary/aromatic N) is 2. The number of sulfonamides is 1. The SMILES string of the molecule is CC(O)C1CCN(S(=O)(=O)c2cccnc2Cl)CC1. The number of aliphatic hydroxyl groups is 1. The fourth-order valence-corrected chi connectivity index (χ4v) is 4.20. The van der Waals surface area contributed by atoms with E-state index in [0.29, 0.717) is 25.9 Å². The summed E-state index contributed by atoms with van der Waals surface area (Å²) in [6.07, 6.45) is 2.39. The highest BCUT2D eigenvalue weighted by molar-refractivity contribution is 7.89. The van der Waals surface area contributed by atoms with Gasteiger partial charge in [0, 0.05) is 19.3 Å². The fraction of sp³-hybridized carbons (Fsp3) is 0.583. The summed E-state index contributed by atoms with van der Waals surface area (Å²) in [7, 11) is -3.58. The Hall–Kier alpha value is -0.690. The number of aromatic nitrogens is 1. The van der Waals surface area contributed by atoms with Crippen molar-refractivity contribution in [2.75, 3.05) is 13.1 Å². The molecular weight excluding hydrogens is 288 g/mol. The van der Waals surface area contributed by atoms with Crippen molar-refractivity contribution < 1.29 is 13.5 Å². The Morgan fingerprint density at radius 3 is 2.63 bits per heavy atom. The molecule has 1 aliphatic heterocycles. The van der Waals surface area contributed by atoms with E-state index in [-0.39, 0.29) is 16.0 Å². The van der Waals surface area contributed by atoms with E-state index in [1.165, 1.54) is 16.6 Å². The lowest BCUT2D eigenvalue weighted by atomic mass is 9.93. The van der Waals surface area contributed by atoms with Gasteiger partial charge in [0.2, 0.25) is 10.0 Å². The first-order valence-electron chi connectivity index (χ1n) is 6.21. The van der Waals surface area contributed by atoms with E-state index in [2.05, 4.69) is 4.98 Å². The van der Waals surface area contributed by atoms with E-state index in [0.717, 1.165) is 0 Å². The molecule has 2 heterocycles. The Morgan fingerprint density at radius 2 is 2.11 bits per heavy atom. The summed E-state index contributed by atoms with van der Waals surface area (Å²) in [5.74, 6) is 0.163. The molecule has 1 saturated heterocycles. The lowest BCUT2D eigenvalue weighted by molar-refractivity contribution is 0.0912. The lowest BCUT2D eigenvalue weighted by Crippen LogP contribution is -2.40. The molecule has 0 spiro atoms. The molecule has 106 valence electrons. The number of halogens is 1. The second kappa shape index (κ2) is 5.75. The molecule has 5 nitrogen and oxygen atoms in total. The van der Waals surface area contributed by atoms with Gasteiger partial charge in [0.15, 0.2) is 0 Å². The van der Waals surface area contributed by atoms with Crippen molar-refractivity contribution >= 4 is 21.6 Å². The minimum Gasteiger partial charge on any atom is -0.393 e. The standard InChI is InChI=1S/C12H17ClN2O3S/c1-9(16)10-4-7-15(8-5-10)19(17,18)11-3-2-6-14-12(11)13/h2-3,6,9-10,16H,4-5,7-8H2,1H3. The first-order chi connectivity index (χ1) is 8.93. The number of hydrogen-bond donors (Lipinski definition) is 1. The van der Waals surface area contributed by atoms with Crippen LogP contribution in [0, 0.1) is 5.92 Å². The van der Waals surface area contributed by atoms with Crippen LogP contribution in [0.25, 0.3) is 0 Å². The molecule has 0 amide bonds. The Balaban J connectivity index is 2.17. The molecule has 19 heavy (non-hydrogen) atoms. The Bertz CT molecular complexity index is 540. The molecule has 1 aromatic heterocycles. The quantitative estimate of drug-likeness (QED) is 0.860. The monoisotopic (exact) mass is 304 g/mol. The Labute approximate surface area is 118 Å². The predicted octanol–water partition coefficient (Wildman–Crippen LogP) is 1.52. The van der Waals surface area contributed by atoms with E-state index >= 15 is 0 Å². The average molecular weight is 305 g/mol. The van der Waals surface area contributed by atoms with Crippen molar-refractivity contribution in [1.29, 1.82) is 0 Å². The van der Waals surface area contributed by atoms with Crippen molar-refractivity contribution in [2.24, 2.45) is 5.92 Å². The number of rotatable bonds is 3. The molecule has 1 unspecified atom stereocenters. The molecule has 1 atom stereocenters. The zero-order valence-electron chi connectivity index (χ0n) is 10.7. The molecule has 2 rings (SSSR count). The van der Waals surface area contributed by atoms with Gasteiger partial charge >= 0.3 is 0 Å². The third-order valence-electron chi connectivity index (χ3n) is 3.52. The van der Waals surface area contributed by atoms with Gasteiger partial charge in [-0.3, -0.25) is 0 Å². The van der Waals surface area contributed by atoms with Gasteiger partial charge in [-0.15, -0.1) is 0 Å². The van der Waals surface area contributed by atoms with E-state index < -0.39 is 16.1 Å². The fourth-order valence-electron chi connectivity index (χ4n) is 2.30. The maximum Gasteiger partial charge on any atom is 0.246 e. The first-order valence-corrected chi connectivity index (χ1v) is 8.03. The summed E-state index contributed by atoms with van der Waals surface area (Å²) in [5.41, 5.74) is 0. The van der Waals surface area contributed by atoms with Crippen molar-refractivity contribution in [2.45, 2.75) is 30.8 Å². The molecule has 0 aromatic carbocycles. The van der Waals surface area contributed by atoms with Gasteiger partial charge in [0.1, 0.15) is 10.0 Å². The van der Waals surface area contributed by atoms with Crippen LogP contribution >= 0.6 is 11.6 Å². The van der Waals surface area contributed by atoms with Crippen LogP contribution in [0.15, 0.2) is 23.2 Å². The summed E-state index contributed by atoms with van der Waals surface area (Å²) >= 11 is 5.85. The van der Waals surface area contributed by atoms with Crippen molar-refractivity contribution in [3.8, 4) is 0 Å². The second-order valence-corrected chi connectivity index (χ2v) is 7.04. The lowest BCUT2D eigenvalue weighted by Gasteiger charge is -2.32. The number of pyridine rings is 1. The van der Waals surface area contributed by atoms with Gasteiger partial charge in [0.05, 0.1) is 6.10 Å². The molecule has 1 aliphatic rings. The van der Waals surface area contributed by atoms with E-state index in [4.69, 9.17) is 11.6 Å². The second-order valence-electron chi connectivity index (χ2n) is 4.77. The molecule has 0 saturated carbocycles. The van der Waals surface area contributed by atoms with Crippen LogP contribution in [0.1, 0.15) is 19.8 Å².